The summed E-state index contributed by atoms with van der Waals surface area (Å²) in [6.07, 6.45) is 0. The van der Waals surface area contributed by atoms with Gasteiger partial charge in [0.1, 0.15) is 5.15 Å². The summed E-state index contributed by atoms with van der Waals surface area (Å²) in [5, 5.41) is 3.74. The summed E-state index contributed by atoms with van der Waals surface area (Å²) >= 11 is 17.7. The Morgan fingerprint density at radius 2 is 1.62 bits per heavy atom. The molecule has 0 spiro atoms. The number of amides is 1. The first-order chi connectivity index (χ1) is 11.2. The molecule has 130 valence electrons. The van der Waals surface area contributed by atoms with E-state index >= 15 is 0 Å². The van der Waals surface area contributed by atoms with Gasteiger partial charge >= 0.3 is 6.03 Å². The molecule has 0 saturated carbocycles. The van der Waals surface area contributed by atoms with Crippen LogP contribution in [0, 0.1) is 0 Å². The quantitative estimate of drug-likeness (QED) is 0.764. The minimum atomic E-state index is -4.01. The van der Waals surface area contributed by atoms with Crippen LogP contribution in [0.5, 0.6) is 0 Å². The van der Waals surface area contributed by atoms with Crippen LogP contribution >= 0.6 is 34.8 Å². The monoisotopic (exact) mass is 409 g/mol. The summed E-state index contributed by atoms with van der Waals surface area (Å²) in [5.74, 6) is 0. The number of benzene rings is 1. The highest BCUT2D eigenvalue weighted by Gasteiger charge is 2.26. The standard InChI is InChI=1S/C14H14Cl3N3O3S/c1-3-19(4-2)14(21)20-12(17)8-13(18-20)24(22,23)11-6-9(15)5-10(16)7-11/h5-8H,3-4H2,1-2H3. The van der Waals surface area contributed by atoms with Gasteiger partial charge in [0, 0.05) is 29.2 Å². The number of hydrogen-bond donors (Lipinski definition) is 0. The molecule has 0 saturated heterocycles. The zero-order valence-electron chi connectivity index (χ0n) is 12.8. The van der Waals surface area contributed by atoms with Gasteiger partial charge in [0.15, 0.2) is 5.03 Å². The van der Waals surface area contributed by atoms with Crippen LogP contribution in [0.1, 0.15) is 13.8 Å². The van der Waals surface area contributed by atoms with Gasteiger partial charge in [0.25, 0.3) is 0 Å². The smallest absolute Gasteiger partial charge is 0.323 e. The molecule has 0 aliphatic carbocycles. The highest BCUT2D eigenvalue weighted by molar-refractivity contribution is 7.91. The van der Waals surface area contributed by atoms with Gasteiger partial charge < -0.3 is 4.90 Å². The van der Waals surface area contributed by atoms with Gasteiger partial charge in [-0.2, -0.15) is 9.78 Å². The highest BCUT2D eigenvalue weighted by atomic mass is 35.5. The van der Waals surface area contributed by atoms with Crippen LogP contribution < -0.4 is 0 Å². The summed E-state index contributed by atoms with van der Waals surface area (Å²) in [7, 11) is -4.01. The third-order valence-electron chi connectivity index (χ3n) is 3.28. The van der Waals surface area contributed by atoms with Crippen molar-refractivity contribution in [3.8, 4) is 0 Å². The van der Waals surface area contributed by atoms with Crippen molar-refractivity contribution >= 4 is 50.7 Å². The lowest BCUT2D eigenvalue weighted by molar-refractivity contribution is 0.201. The maximum atomic E-state index is 12.7. The predicted octanol–water partition coefficient (Wildman–Crippen LogP) is 3.99. The molecule has 1 amide bonds. The fourth-order valence-corrected chi connectivity index (χ4v) is 4.23. The molecule has 1 aromatic carbocycles. The molecule has 0 N–H and O–H groups in total. The van der Waals surface area contributed by atoms with Crippen LogP contribution in [0.3, 0.4) is 0 Å². The van der Waals surface area contributed by atoms with Crippen LogP contribution in [0.2, 0.25) is 15.2 Å². The molecular formula is C14H14Cl3N3O3S. The summed E-state index contributed by atoms with van der Waals surface area (Å²) in [4.78, 5) is 13.7. The summed E-state index contributed by atoms with van der Waals surface area (Å²) < 4.78 is 26.2. The highest BCUT2D eigenvalue weighted by Crippen LogP contribution is 2.28. The molecule has 0 aliphatic rings. The number of carbonyl (C=O) groups excluding carboxylic acids is 1. The van der Waals surface area contributed by atoms with E-state index in [1.54, 1.807) is 13.8 Å². The molecule has 0 radical (unpaired) electrons. The van der Waals surface area contributed by atoms with Crippen LogP contribution in [0.25, 0.3) is 0 Å². The number of hydrogen-bond acceptors (Lipinski definition) is 4. The second-order valence-corrected chi connectivity index (χ2v) is 7.94. The summed E-state index contributed by atoms with van der Waals surface area (Å²) in [6.45, 7) is 4.48. The van der Waals surface area contributed by atoms with Crippen LogP contribution in [0.4, 0.5) is 4.79 Å². The molecule has 6 nitrogen and oxygen atoms in total. The first-order valence-electron chi connectivity index (χ1n) is 6.96. The van der Waals surface area contributed by atoms with Crippen molar-refractivity contribution in [1.82, 2.24) is 14.7 Å². The summed E-state index contributed by atoms with van der Waals surface area (Å²) in [5.41, 5.74) is 0. The average molecular weight is 411 g/mol. The lowest BCUT2D eigenvalue weighted by Crippen LogP contribution is -2.35. The fraction of sp³-hybridized carbons (Fsp3) is 0.286. The average Bonchev–Trinajstić information content (AvgIpc) is 2.90. The number of aromatic nitrogens is 2. The molecule has 2 aromatic rings. The Bertz CT molecular complexity index is 856. The lowest BCUT2D eigenvalue weighted by Gasteiger charge is -2.18. The molecule has 0 aliphatic heterocycles. The van der Waals surface area contributed by atoms with Crippen molar-refractivity contribution < 1.29 is 13.2 Å². The Kier molecular flexibility index (Phi) is 5.80. The SMILES string of the molecule is CCN(CC)C(=O)n1nc(S(=O)(=O)c2cc(Cl)cc(Cl)c2)cc1Cl. The second-order valence-electron chi connectivity index (χ2n) is 4.78. The fourth-order valence-electron chi connectivity index (χ4n) is 2.04. The molecule has 0 atom stereocenters. The largest absolute Gasteiger partial charge is 0.346 e. The van der Waals surface area contributed by atoms with E-state index in [9.17, 15) is 13.2 Å². The van der Waals surface area contributed by atoms with Crippen LogP contribution in [-0.4, -0.2) is 42.2 Å². The van der Waals surface area contributed by atoms with Gasteiger partial charge in [-0.1, -0.05) is 34.8 Å². The Morgan fingerprint density at radius 3 is 2.12 bits per heavy atom. The van der Waals surface area contributed by atoms with Gasteiger partial charge in [-0.15, -0.1) is 0 Å². The maximum Gasteiger partial charge on any atom is 0.346 e. The molecule has 24 heavy (non-hydrogen) atoms. The Hall–Kier alpha value is -1.28. The second kappa shape index (κ2) is 7.31. The van der Waals surface area contributed by atoms with Crippen LogP contribution in [0.15, 0.2) is 34.2 Å². The zero-order chi connectivity index (χ0) is 18.1. The van der Waals surface area contributed by atoms with Gasteiger partial charge in [0.05, 0.1) is 4.90 Å². The minimum absolute atomic E-state index is 0.0985. The van der Waals surface area contributed by atoms with Crippen molar-refractivity contribution in [2.75, 3.05) is 13.1 Å². The predicted molar refractivity (Wildman–Crippen MR) is 92.9 cm³/mol. The number of halogens is 3. The van der Waals surface area contributed by atoms with Gasteiger partial charge in [-0.05, 0) is 32.0 Å². The van der Waals surface area contributed by atoms with Crippen molar-refractivity contribution in [1.29, 1.82) is 0 Å². The van der Waals surface area contributed by atoms with Crippen molar-refractivity contribution in [3.05, 3.63) is 39.5 Å². The first kappa shape index (κ1) is 19.1. The normalized spacial score (nSPS) is 11.5. The molecule has 2 rings (SSSR count). The van der Waals surface area contributed by atoms with E-state index in [1.807, 2.05) is 0 Å². The van der Waals surface area contributed by atoms with E-state index in [1.165, 1.54) is 23.1 Å². The molecule has 1 aromatic heterocycles. The number of nitrogens with zero attached hydrogens (tertiary/aromatic N) is 3. The third kappa shape index (κ3) is 3.69. The van der Waals surface area contributed by atoms with E-state index < -0.39 is 15.9 Å². The van der Waals surface area contributed by atoms with Crippen LogP contribution in [-0.2, 0) is 9.84 Å². The topological polar surface area (TPSA) is 72.3 Å². The number of carbonyl (C=O) groups is 1. The molecule has 1 heterocycles. The Balaban J connectivity index is 2.50. The summed E-state index contributed by atoms with van der Waals surface area (Å²) in [6, 6.07) is 4.53. The van der Waals surface area contributed by atoms with Gasteiger partial charge in [-0.25, -0.2) is 13.2 Å². The van der Waals surface area contributed by atoms with Gasteiger partial charge in [0.2, 0.25) is 9.84 Å². The maximum absolute atomic E-state index is 12.7. The first-order valence-corrected chi connectivity index (χ1v) is 9.58. The van der Waals surface area contributed by atoms with Crippen molar-refractivity contribution in [3.63, 3.8) is 0 Å². The third-order valence-corrected chi connectivity index (χ3v) is 5.59. The molecule has 0 fully saturated rings. The number of rotatable bonds is 4. The molecule has 0 unspecified atom stereocenters. The zero-order valence-corrected chi connectivity index (χ0v) is 15.9. The van der Waals surface area contributed by atoms with Gasteiger partial charge in [-0.3, -0.25) is 0 Å². The van der Waals surface area contributed by atoms with E-state index in [4.69, 9.17) is 34.8 Å². The molecule has 10 heteroatoms. The van der Waals surface area contributed by atoms with E-state index in [2.05, 4.69) is 5.10 Å². The van der Waals surface area contributed by atoms with E-state index in [0.29, 0.717) is 13.1 Å². The number of sulfone groups is 1. The Labute approximate surface area is 154 Å². The molecular weight excluding hydrogens is 397 g/mol. The lowest BCUT2D eigenvalue weighted by atomic mass is 10.4. The molecule has 0 bridgehead atoms. The minimum Gasteiger partial charge on any atom is -0.323 e. The van der Waals surface area contributed by atoms with Crippen molar-refractivity contribution in [2.24, 2.45) is 0 Å². The Morgan fingerprint density at radius 1 is 1.08 bits per heavy atom. The van der Waals surface area contributed by atoms with Crippen molar-refractivity contribution in [2.45, 2.75) is 23.8 Å². The van der Waals surface area contributed by atoms with E-state index in [0.717, 1.165) is 10.7 Å². The van der Waals surface area contributed by atoms with E-state index in [-0.39, 0.29) is 25.1 Å².